The number of nitro groups is 1. The predicted octanol–water partition coefficient (Wildman–Crippen LogP) is 2.69. The van der Waals surface area contributed by atoms with Crippen LogP contribution in [0.25, 0.3) is 0 Å². The van der Waals surface area contributed by atoms with E-state index < -0.39 is 4.92 Å². The number of nitro benzene ring substituents is 1. The Kier molecular flexibility index (Phi) is 4.34. The summed E-state index contributed by atoms with van der Waals surface area (Å²) in [5.74, 6) is 0.475. The molecule has 1 aliphatic heterocycles. The molecule has 1 saturated heterocycles. The van der Waals surface area contributed by atoms with Crippen molar-refractivity contribution in [3.05, 3.63) is 34.4 Å². The van der Waals surface area contributed by atoms with E-state index in [0.29, 0.717) is 12.0 Å². The lowest BCUT2D eigenvalue weighted by atomic mass is 9.93. The fourth-order valence-electron chi connectivity index (χ4n) is 2.30. The minimum atomic E-state index is -0.462. The molecule has 0 N–H and O–H groups in total. The van der Waals surface area contributed by atoms with Gasteiger partial charge in [0.05, 0.1) is 10.6 Å². The topological polar surface area (TPSA) is 68.0 Å². The molecule has 1 aromatic rings. The summed E-state index contributed by atoms with van der Waals surface area (Å²) in [5, 5.41) is 15.1. The third-order valence-corrected chi connectivity index (χ3v) is 3.71. The Balaban J connectivity index is 2.15. The van der Waals surface area contributed by atoms with Crippen LogP contribution in [0.4, 0.5) is 5.69 Å². The Hall–Kier alpha value is -1.95. The number of hydrogen-bond acceptors (Lipinski definition) is 5. The van der Waals surface area contributed by atoms with Crippen molar-refractivity contribution >= 4 is 11.4 Å². The zero-order valence-electron chi connectivity index (χ0n) is 11.9. The van der Waals surface area contributed by atoms with Crippen molar-refractivity contribution in [2.24, 2.45) is 11.1 Å². The van der Waals surface area contributed by atoms with Gasteiger partial charge in [-0.25, -0.2) is 0 Å². The predicted molar refractivity (Wildman–Crippen MR) is 77.0 cm³/mol. The van der Waals surface area contributed by atoms with Gasteiger partial charge in [-0.05, 0) is 20.0 Å². The smallest absolute Gasteiger partial charge is 0.314 e. The van der Waals surface area contributed by atoms with Gasteiger partial charge in [-0.2, -0.15) is 0 Å². The van der Waals surface area contributed by atoms with Gasteiger partial charge in [-0.15, -0.1) is 0 Å². The third-order valence-electron chi connectivity index (χ3n) is 3.71. The van der Waals surface area contributed by atoms with Gasteiger partial charge in [0.15, 0.2) is 0 Å². The van der Waals surface area contributed by atoms with Gasteiger partial charge < -0.3 is 9.74 Å². The van der Waals surface area contributed by atoms with Crippen LogP contribution in [-0.2, 0) is 0 Å². The first-order valence-electron chi connectivity index (χ1n) is 6.66. The van der Waals surface area contributed by atoms with Gasteiger partial charge in [0, 0.05) is 31.0 Å². The first-order chi connectivity index (χ1) is 9.49. The molecule has 0 radical (unpaired) electrons. The van der Waals surface area contributed by atoms with Crippen LogP contribution in [0.15, 0.2) is 29.4 Å². The fraction of sp³-hybridized carbons (Fsp3) is 0.500. The highest BCUT2D eigenvalue weighted by Crippen LogP contribution is 2.27. The number of nitrogens with zero attached hydrogens (tertiary/aromatic N) is 3. The number of likely N-dealkylation sites (tertiary alicyclic amines) is 1. The highest BCUT2D eigenvalue weighted by Gasteiger charge is 2.26. The van der Waals surface area contributed by atoms with Crippen LogP contribution in [0.5, 0.6) is 5.75 Å². The molecule has 0 saturated carbocycles. The summed E-state index contributed by atoms with van der Waals surface area (Å²) in [6.45, 7) is 5.14. The van der Waals surface area contributed by atoms with E-state index in [0.717, 1.165) is 18.7 Å². The molecular weight excluding hydrogens is 258 g/mol. The molecule has 0 bridgehead atoms. The Morgan fingerprint density at radius 1 is 1.40 bits per heavy atom. The lowest BCUT2D eigenvalue weighted by Crippen LogP contribution is -2.43. The second kappa shape index (κ2) is 6.00. The van der Waals surface area contributed by atoms with Crippen molar-refractivity contribution in [1.29, 1.82) is 0 Å². The first-order valence-corrected chi connectivity index (χ1v) is 6.66. The first kappa shape index (κ1) is 14.5. The number of hydrogen-bond donors (Lipinski definition) is 0. The molecule has 0 aliphatic carbocycles. The van der Waals surface area contributed by atoms with Gasteiger partial charge in [-0.1, -0.05) is 24.2 Å². The van der Waals surface area contributed by atoms with Crippen molar-refractivity contribution in [3.8, 4) is 5.75 Å². The SMILES string of the molecule is C[C@@H]1CN(C)[C@@H](C)C/C1=N/Oc1ccccc1[N+](=O)[O-]. The Labute approximate surface area is 118 Å². The average molecular weight is 277 g/mol. The van der Waals surface area contributed by atoms with Crippen molar-refractivity contribution in [3.63, 3.8) is 0 Å². The molecule has 20 heavy (non-hydrogen) atoms. The molecule has 6 nitrogen and oxygen atoms in total. The van der Waals surface area contributed by atoms with Gasteiger partial charge >= 0.3 is 5.69 Å². The van der Waals surface area contributed by atoms with E-state index in [4.69, 9.17) is 4.84 Å². The molecule has 2 atom stereocenters. The van der Waals surface area contributed by atoms with Crippen LogP contribution in [0, 0.1) is 16.0 Å². The summed E-state index contributed by atoms with van der Waals surface area (Å²) in [4.78, 5) is 18.0. The van der Waals surface area contributed by atoms with E-state index in [1.807, 2.05) is 0 Å². The molecule has 0 aromatic heterocycles. The number of benzene rings is 1. The highest BCUT2D eigenvalue weighted by atomic mass is 16.6. The maximum absolute atomic E-state index is 10.9. The zero-order chi connectivity index (χ0) is 14.7. The second-order valence-corrected chi connectivity index (χ2v) is 5.29. The Morgan fingerprint density at radius 2 is 2.10 bits per heavy atom. The van der Waals surface area contributed by atoms with E-state index in [2.05, 4.69) is 31.0 Å². The average Bonchev–Trinajstić information content (AvgIpc) is 2.41. The quantitative estimate of drug-likeness (QED) is 0.629. The van der Waals surface area contributed by atoms with E-state index in [1.54, 1.807) is 18.2 Å². The maximum Gasteiger partial charge on any atom is 0.314 e. The van der Waals surface area contributed by atoms with Gasteiger partial charge in [-0.3, -0.25) is 10.1 Å². The van der Waals surface area contributed by atoms with Crippen LogP contribution in [0.1, 0.15) is 20.3 Å². The minimum Gasteiger partial charge on any atom is -0.350 e. The third kappa shape index (κ3) is 3.14. The summed E-state index contributed by atoms with van der Waals surface area (Å²) in [5.41, 5.74) is 0.888. The monoisotopic (exact) mass is 277 g/mol. The van der Waals surface area contributed by atoms with Gasteiger partial charge in [0.2, 0.25) is 5.75 Å². The van der Waals surface area contributed by atoms with Crippen LogP contribution in [-0.4, -0.2) is 35.2 Å². The van der Waals surface area contributed by atoms with Gasteiger partial charge in [0.1, 0.15) is 0 Å². The number of para-hydroxylation sites is 2. The standard InChI is InChI=1S/C14H19N3O3/c1-10-9-16(3)11(2)8-12(10)15-20-14-7-5-4-6-13(14)17(18)19/h4-7,10-11H,8-9H2,1-3H3/b15-12-/t10-,11+/m1/s1. The maximum atomic E-state index is 10.9. The van der Waals surface area contributed by atoms with Crippen LogP contribution >= 0.6 is 0 Å². The largest absolute Gasteiger partial charge is 0.350 e. The van der Waals surface area contributed by atoms with E-state index >= 15 is 0 Å². The summed E-state index contributed by atoms with van der Waals surface area (Å²) >= 11 is 0. The number of piperidine rings is 1. The van der Waals surface area contributed by atoms with E-state index in [-0.39, 0.29) is 11.4 Å². The number of oxime groups is 1. The molecule has 1 fully saturated rings. The van der Waals surface area contributed by atoms with Crippen molar-refractivity contribution in [2.45, 2.75) is 26.3 Å². The van der Waals surface area contributed by atoms with Gasteiger partial charge in [0.25, 0.3) is 0 Å². The molecule has 1 heterocycles. The van der Waals surface area contributed by atoms with Crippen molar-refractivity contribution < 1.29 is 9.76 Å². The fourth-order valence-corrected chi connectivity index (χ4v) is 2.30. The summed E-state index contributed by atoms with van der Waals surface area (Å²) < 4.78 is 0. The second-order valence-electron chi connectivity index (χ2n) is 5.29. The number of rotatable bonds is 3. The molecule has 0 amide bonds. The van der Waals surface area contributed by atoms with Crippen LogP contribution < -0.4 is 4.84 Å². The van der Waals surface area contributed by atoms with Crippen LogP contribution in [0.2, 0.25) is 0 Å². The Bertz CT molecular complexity index is 530. The lowest BCUT2D eigenvalue weighted by Gasteiger charge is -2.34. The highest BCUT2D eigenvalue weighted by molar-refractivity contribution is 5.87. The summed E-state index contributed by atoms with van der Waals surface area (Å²) in [6.07, 6.45) is 0.818. The molecular formula is C14H19N3O3. The Morgan fingerprint density at radius 3 is 2.80 bits per heavy atom. The van der Waals surface area contributed by atoms with E-state index in [9.17, 15) is 10.1 Å². The molecule has 2 rings (SSSR count). The summed E-state index contributed by atoms with van der Waals surface area (Å²) in [6, 6.07) is 6.68. The molecule has 0 unspecified atom stereocenters. The van der Waals surface area contributed by atoms with Crippen molar-refractivity contribution in [1.82, 2.24) is 4.90 Å². The zero-order valence-corrected chi connectivity index (χ0v) is 11.9. The molecule has 6 heteroatoms. The van der Waals surface area contributed by atoms with Crippen molar-refractivity contribution in [2.75, 3.05) is 13.6 Å². The molecule has 0 spiro atoms. The van der Waals surface area contributed by atoms with E-state index in [1.165, 1.54) is 6.07 Å². The molecule has 108 valence electrons. The lowest BCUT2D eigenvalue weighted by molar-refractivity contribution is -0.385. The van der Waals surface area contributed by atoms with Crippen LogP contribution in [0.3, 0.4) is 0 Å². The summed E-state index contributed by atoms with van der Waals surface area (Å²) in [7, 11) is 2.08. The molecule has 1 aliphatic rings. The minimum absolute atomic E-state index is 0.0644. The normalized spacial score (nSPS) is 25.6. The molecule has 1 aromatic carbocycles.